The summed E-state index contributed by atoms with van der Waals surface area (Å²) in [5.74, 6) is -1.53. The van der Waals surface area contributed by atoms with Crippen LogP contribution in [0.2, 0.25) is 0 Å². The molecule has 0 bridgehead atoms. The Balaban J connectivity index is 1.23. The van der Waals surface area contributed by atoms with Crippen LogP contribution >= 0.6 is 0 Å². The zero-order chi connectivity index (χ0) is 24.6. The maximum atomic E-state index is 12.2. The molecule has 4 rings (SSSR count). The van der Waals surface area contributed by atoms with Crippen molar-refractivity contribution >= 4 is 18.0 Å². The number of hydrogen-bond donors (Lipinski definition) is 3. The Kier molecular flexibility index (Phi) is 7.74. The molecule has 2 amide bonds. The fourth-order valence-corrected chi connectivity index (χ4v) is 4.06. The van der Waals surface area contributed by atoms with Crippen LogP contribution in [0, 0.1) is 0 Å². The Morgan fingerprint density at radius 1 is 0.829 bits per heavy atom. The quantitative estimate of drug-likeness (QED) is 0.411. The highest BCUT2D eigenvalue weighted by atomic mass is 16.5. The van der Waals surface area contributed by atoms with Crippen molar-refractivity contribution in [1.29, 1.82) is 0 Å². The number of aliphatic hydroxyl groups excluding tert-OH is 1. The average molecular weight is 475 g/mol. The molecule has 8 heteroatoms. The number of alkyl carbamates (subject to hydrolysis) is 1. The third-order valence-electron chi connectivity index (χ3n) is 5.76. The predicted octanol–water partition coefficient (Wildman–Crippen LogP) is 2.75. The van der Waals surface area contributed by atoms with Gasteiger partial charge in [0, 0.05) is 5.92 Å². The molecule has 1 aliphatic rings. The molecule has 0 aliphatic heterocycles. The summed E-state index contributed by atoms with van der Waals surface area (Å²) in [4.78, 5) is 36.6. The Bertz CT molecular complexity index is 1150. The van der Waals surface area contributed by atoms with Crippen molar-refractivity contribution in [2.24, 2.45) is 0 Å². The lowest BCUT2D eigenvalue weighted by molar-refractivity contribution is -0.150. The Morgan fingerprint density at radius 2 is 1.43 bits per heavy atom. The van der Waals surface area contributed by atoms with Gasteiger partial charge in [-0.3, -0.25) is 4.79 Å². The van der Waals surface area contributed by atoms with Crippen LogP contribution in [0.5, 0.6) is 0 Å². The van der Waals surface area contributed by atoms with E-state index in [2.05, 4.69) is 10.6 Å². The van der Waals surface area contributed by atoms with E-state index in [4.69, 9.17) is 9.47 Å². The number of hydrogen-bond acceptors (Lipinski definition) is 6. The fraction of sp³-hybridized carbons (Fsp3) is 0.222. The molecule has 0 fully saturated rings. The predicted molar refractivity (Wildman–Crippen MR) is 128 cm³/mol. The van der Waals surface area contributed by atoms with Gasteiger partial charge in [-0.25, -0.2) is 9.59 Å². The number of nitrogens with one attached hydrogen (secondary N) is 2. The first-order valence-electron chi connectivity index (χ1n) is 11.3. The molecule has 0 saturated heterocycles. The number of amides is 2. The maximum Gasteiger partial charge on any atom is 0.407 e. The summed E-state index contributed by atoms with van der Waals surface area (Å²) in [6.07, 6.45) is -0.755. The van der Waals surface area contributed by atoms with Crippen molar-refractivity contribution in [3.8, 4) is 11.1 Å². The highest BCUT2D eigenvalue weighted by Gasteiger charge is 2.29. The summed E-state index contributed by atoms with van der Waals surface area (Å²) in [5, 5.41) is 14.2. The van der Waals surface area contributed by atoms with E-state index < -0.39 is 37.2 Å². The van der Waals surface area contributed by atoms with Crippen LogP contribution < -0.4 is 10.6 Å². The average Bonchev–Trinajstić information content (AvgIpc) is 3.22. The normalized spacial score (nSPS) is 12.7. The summed E-state index contributed by atoms with van der Waals surface area (Å²) < 4.78 is 10.5. The van der Waals surface area contributed by atoms with E-state index in [0.29, 0.717) is 0 Å². The van der Waals surface area contributed by atoms with E-state index in [9.17, 15) is 19.5 Å². The number of fused-ring (bicyclic) bond motifs is 3. The van der Waals surface area contributed by atoms with Gasteiger partial charge in [-0.2, -0.15) is 0 Å². The minimum atomic E-state index is -1.24. The molecule has 1 atom stereocenters. The first kappa shape index (κ1) is 24.0. The van der Waals surface area contributed by atoms with E-state index >= 15 is 0 Å². The Morgan fingerprint density at radius 3 is 2.06 bits per heavy atom. The molecule has 0 aromatic heterocycles. The second kappa shape index (κ2) is 11.3. The molecular formula is C27H26N2O6. The van der Waals surface area contributed by atoms with E-state index in [1.54, 1.807) is 12.1 Å². The summed E-state index contributed by atoms with van der Waals surface area (Å²) in [7, 11) is 0. The highest BCUT2D eigenvalue weighted by molar-refractivity contribution is 5.87. The SMILES string of the molecule is O=C(CNC(=O)OCC1c2ccccc2-c2ccccc21)N[C@@H](CO)C(=O)OCc1ccccc1. The molecule has 180 valence electrons. The molecule has 3 N–H and O–H groups in total. The van der Waals surface area contributed by atoms with Gasteiger partial charge in [0.05, 0.1) is 6.61 Å². The smallest absolute Gasteiger partial charge is 0.407 e. The first-order valence-corrected chi connectivity index (χ1v) is 11.3. The third-order valence-corrected chi connectivity index (χ3v) is 5.76. The van der Waals surface area contributed by atoms with Crippen molar-refractivity contribution in [2.75, 3.05) is 19.8 Å². The Hall–Kier alpha value is -4.17. The monoisotopic (exact) mass is 474 g/mol. The van der Waals surface area contributed by atoms with Crippen LogP contribution in [-0.2, 0) is 25.7 Å². The van der Waals surface area contributed by atoms with Crippen LogP contribution in [0.1, 0.15) is 22.6 Å². The van der Waals surface area contributed by atoms with Gasteiger partial charge in [0.1, 0.15) is 19.8 Å². The van der Waals surface area contributed by atoms with E-state index in [0.717, 1.165) is 27.8 Å². The van der Waals surface area contributed by atoms with Crippen molar-refractivity contribution < 1.29 is 29.0 Å². The van der Waals surface area contributed by atoms with Crippen LogP contribution in [0.3, 0.4) is 0 Å². The van der Waals surface area contributed by atoms with Crippen LogP contribution in [0.25, 0.3) is 11.1 Å². The van der Waals surface area contributed by atoms with E-state index in [1.807, 2.05) is 66.7 Å². The lowest BCUT2D eigenvalue weighted by atomic mass is 9.98. The minimum absolute atomic E-state index is 0.0179. The molecule has 0 heterocycles. The molecule has 0 unspecified atom stereocenters. The van der Waals surface area contributed by atoms with Crippen molar-refractivity contribution in [3.63, 3.8) is 0 Å². The van der Waals surface area contributed by atoms with Gasteiger partial charge in [-0.15, -0.1) is 0 Å². The second-order valence-corrected chi connectivity index (χ2v) is 8.08. The Labute approximate surface area is 202 Å². The standard InChI is InChI=1S/C27H26N2O6/c30-15-24(26(32)34-16-18-8-2-1-3-9-18)29-25(31)14-28-27(33)35-17-23-21-12-6-4-10-19(21)20-11-5-7-13-22(20)23/h1-13,23-24,30H,14-17H2,(H,28,33)(H,29,31)/t24-/m0/s1. The van der Waals surface area contributed by atoms with E-state index in [-0.39, 0.29) is 19.1 Å². The number of esters is 1. The molecule has 0 saturated carbocycles. The number of benzene rings is 3. The summed E-state index contributed by atoms with van der Waals surface area (Å²) in [6, 6.07) is 23.8. The van der Waals surface area contributed by atoms with E-state index in [1.165, 1.54) is 0 Å². The van der Waals surface area contributed by atoms with Crippen molar-refractivity contribution in [2.45, 2.75) is 18.6 Å². The molecule has 0 spiro atoms. The van der Waals surface area contributed by atoms with Crippen LogP contribution in [-0.4, -0.2) is 48.9 Å². The number of rotatable bonds is 9. The fourth-order valence-electron chi connectivity index (χ4n) is 4.06. The lowest BCUT2D eigenvalue weighted by Gasteiger charge is -2.16. The van der Waals surface area contributed by atoms with Crippen molar-refractivity contribution in [1.82, 2.24) is 10.6 Å². The summed E-state index contributed by atoms with van der Waals surface area (Å²) >= 11 is 0. The molecule has 1 aliphatic carbocycles. The minimum Gasteiger partial charge on any atom is -0.459 e. The van der Waals surface area contributed by atoms with Crippen LogP contribution in [0.15, 0.2) is 78.9 Å². The molecule has 0 radical (unpaired) electrons. The molecular weight excluding hydrogens is 448 g/mol. The van der Waals surface area contributed by atoms with Crippen LogP contribution in [0.4, 0.5) is 4.79 Å². The third kappa shape index (κ3) is 5.85. The first-order chi connectivity index (χ1) is 17.1. The molecule has 3 aromatic carbocycles. The highest BCUT2D eigenvalue weighted by Crippen LogP contribution is 2.44. The number of carbonyl (C=O) groups excluding carboxylic acids is 3. The number of aliphatic hydroxyl groups is 1. The van der Waals surface area contributed by atoms with Gasteiger partial charge in [0.2, 0.25) is 5.91 Å². The molecule has 8 nitrogen and oxygen atoms in total. The van der Waals surface area contributed by atoms with Gasteiger partial charge in [0.25, 0.3) is 0 Å². The van der Waals surface area contributed by atoms with Gasteiger partial charge in [0.15, 0.2) is 6.04 Å². The number of carbonyl (C=O) groups is 3. The zero-order valence-corrected chi connectivity index (χ0v) is 19.0. The van der Waals surface area contributed by atoms with Gasteiger partial charge < -0.3 is 25.2 Å². The molecule has 35 heavy (non-hydrogen) atoms. The second-order valence-electron chi connectivity index (χ2n) is 8.08. The summed E-state index contributed by atoms with van der Waals surface area (Å²) in [5.41, 5.74) is 5.18. The van der Waals surface area contributed by atoms with Crippen molar-refractivity contribution in [3.05, 3.63) is 95.6 Å². The molecule has 3 aromatic rings. The topological polar surface area (TPSA) is 114 Å². The van der Waals surface area contributed by atoms with Gasteiger partial charge in [-0.05, 0) is 27.8 Å². The van der Waals surface area contributed by atoms with Gasteiger partial charge in [-0.1, -0.05) is 78.9 Å². The lowest BCUT2D eigenvalue weighted by Crippen LogP contribution is -2.48. The maximum absolute atomic E-state index is 12.2. The van der Waals surface area contributed by atoms with Gasteiger partial charge >= 0.3 is 12.1 Å². The zero-order valence-electron chi connectivity index (χ0n) is 19.0. The number of ether oxygens (including phenoxy) is 2. The largest absolute Gasteiger partial charge is 0.459 e. The summed E-state index contributed by atoms with van der Waals surface area (Å²) in [6.45, 7) is -0.917.